The maximum absolute atomic E-state index is 10.4. The number of hydrogen-bond acceptors (Lipinski definition) is 3. The maximum atomic E-state index is 10.4. The molecular formula is C13H13ClO4. The lowest BCUT2D eigenvalue weighted by molar-refractivity contribution is -0.131. The fourth-order valence-corrected chi connectivity index (χ4v) is 1.56. The minimum Gasteiger partial charge on any atom is -0.493 e. The van der Waals surface area contributed by atoms with Crippen LogP contribution in [0.3, 0.4) is 0 Å². The van der Waals surface area contributed by atoms with Gasteiger partial charge in [0.25, 0.3) is 0 Å². The van der Waals surface area contributed by atoms with Crippen LogP contribution in [-0.4, -0.2) is 24.8 Å². The van der Waals surface area contributed by atoms with Crippen LogP contribution < -0.4 is 9.47 Å². The van der Waals surface area contributed by atoms with E-state index in [1.54, 1.807) is 18.2 Å². The monoisotopic (exact) mass is 268 g/mol. The van der Waals surface area contributed by atoms with Crippen LogP contribution in [0.1, 0.15) is 5.56 Å². The number of carboxylic acids is 1. The molecule has 0 bridgehead atoms. The molecule has 1 rings (SSSR count). The first-order chi connectivity index (χ1) is 8.58. The molecular weight excluding hydrogens is 256 g/mol. The van der Waals surface area contributed by atoms with E-state index < -0.39 is 5.97 Å². The van der Waals surface area contributed by atoms with E-state index >= 15 is 0 Å². The first-order valence-corrected chi connectivity index (χ1v) is 5.48. The summed E-state index contributed by atoms with van der Waals surface area (Å²) >= 11 is 6.04. The summed E-state index contributed by atoms with van der Waals surface area (Å²) < 4.78 is 10.5. The second-order valence-electron chi connectivity index (χ2n) is 3.31. The highest BCUT2D eigenvalue weighted by Gasteiger charge is 2.10. The van der Waals surface area contributed by atoms with E-state index in [-0.39, 0.29) is 0 Å². The molecule has 1 N–H and O–H groups in total. The molecule has 5 heteroatoms. The highest BCUT2D eigenvalue weighted by atomic mass is 35.5. The summed E-state index contributed by atoms with van der Waals surface area (Å²) in [5.41, 5.74) is 0.616. The zero-order valence-electron chi connectivity index (χ0n) is 9.85. The predicted molar refractivity (Wildman–Crippen MR) is 70.4 cm³/mol. The third kappa shape index (κ3) is 3.82. The number of hydrogen-bond donors (Lipinski definition) is 1. The van der Waals surface area contributed by atoms with Gasteiger partial charge in [0.1, 0.15) is 6.61 Å². The van der Waals surface area contributed by atoms with E-state index in [9.17, 15) is 4.79 Å². The van der Waals surface area contributed by atoms with Crippen LogP contribution >= 0.6 is 11.6 Å². The van der Waals surface area contributed by atoms with E-state index in [1.165, 1.54) is 13.2 Å². The normalized spacial score (nSPS) is 10.3. The van der Waals surface area contributed by atoms with Gasteiger partial charge in [0.05, 0.1) is 12.1 Å². The average Bonchev–Trinajstić information content (AvgIpc) is 2.34. The summed E-state index contributed by atoms with van der Waals surface area (Å²) in [6.07, 6.45) is 4.04. The van der Waals surface area contributed by atoms with Gasteiger partial charge in [-0.2, -0.15) is 0 Å². The highest BCUT2D eigenvalue weighted by Crippen LogP contribution is 2.36. The Bertz CT molecular complexity index is 480. The summed E-state index contributed by atoms with van der Waals surface area (Å²) in [5.74, 6) is -0.182. The number of aliphatic carboxylic acids is 1. The largest absolute Gasteiger partial charge is 0.493 e. The Morgan fingerprint density at radius 3 is 2.83 bits per heavy atom. The van der Waals surface area contributed by atoms with Crippen LogP contribution in [0.15, 0.2) is 30.9 Å². The van der Waals surface area contributed by atoms with Crippen molar-refractivity contribution < 1.29 is 19.4 Å². The fraction of sp³-hybridized carbons (Fsp3) is 0.154. The van der Waals surface area contributed by atoms with Gasteiger partial charge in [-0.05, 0) is 23.8 Å². The lowest BCUT2D eigenvalue weighted by atomic mass is 10.2. The first-order valence-electron chi connectivity index (χ1n) is 5.10. The number of benzene rings is 1. The van der Waals surface area contributed by atoms with Gasteiger partial charge in [0.2, 0.25) is 0 Å². The van der Waals surface area contributed by atoms with Crippen molar-refractivity contribution in [2.24, 2.45) is 0 Å². The van der Waals surface area contributed by atoms with Crippen LogP contribution in [0.25, 0.3) is 6.08 Å². The molecule has 0 fully saturated rings. The minimum atomic E-state index is -1.03. The maximum Gasteiger partial charge on any atom is 0.328 e. The summed E-state index contributed by atoms with van der Waals surface area (Å²) in [4.78, 5) is 10.4. The van der Waals surface area contributed by atoms with E-state index in [1.807, 2.05) is 0 Å². The lowest BCUT2D eigenvalue weighted by Gasteiger charge is -2.11. The van der Waals surface area contributed by atoms with Crippen LogP contribution in [0.5, 0.6) is 11.5 Å². The van der Waals surface area contributed by atoms with Gasteiger partial charge in [-0.3, -0.25) is 0 Å². The van der Waals surface area contributed by atoms with Gasteiger partial charge in [0.15, 0.2) is 11.5 Å². The molecule has 0 aliphatic carbocycles. The summed E-state index contributed by atoms with van der Waals surface area (Å²) in [6.45, 7) is 3.85. The molecule has 0 aliphatic rings. The smallest absolute Gasteiger partial charge is 0.328 e. The molecule has 0 saturated carbocycles. The molecule has 0 aromatic heterocycles. The molecule has 0 heterocycles. The quantitative estimate of drug-likeness (QED) is 0.636. The predicted octanol–water partition coefficient (Wildman–Crippen LogP) is 3.01. The van der Waals surface area contributed by atoms with Gasteiger partial charge in [-0.1, -0.05) is 24.3 Å². The van der Waals surface area contributed by atoms with E-state index in [2.05, 4.69) is 6.58 Å². The van der Waals surface area contributed by atoms with Crippen molar-refractivity contribution in [2.45, 2.75) is 0 Å². The molecule has 0 amide bonds. The molecule has 0 spiro atoms. The van der Waals surface area contributed by atoms with Gasteiger partial charge in [-0.15, -0.1) is 0 Å². The number of rotatable bonds is 6. The number of carboxylic acid groups (broad SMARTS) is 1. The summed E-state index contributed by atoms with van der Waals surface area (Å²) in [6, 6.07) is 3.24. The Morgan fingerprint density at radius 1 is 1.56 bits per heavy atom. The van der Waals surface area contributed by atoms with Crippen LogP contribution in [-0.2, 0) is 4.79 Å². The third-order valence-electron chi connectivity index (χ3n) is 2.02. The summed E-state index contributed by atoms with van der Waals surface area (Å²) in [5, 5.41) is 8.90. The molecule has 18 heavy (non-hydrogen) atoms. The van der Waals surface area contributed by atoms with E-state index in [0.29, 0.717) is 28.7 Å². The highest BCUT2D eigenvalue weighted by molar-refractivity contribution is 6.32. The van der Waals surface area contributed by atoms with Crippen LogP contribution in [0.2, 0.25) is 5.02 Å². The van der Waals surface area contributed by atoms with Crippen molar-refractivity contribution in [3.63, 3.8) is 0 Å². The Kier molecular flexibility index (Phi) is 5.27. The molecule has 96 valence electrons. The van der Waals surface area contributed by atoms with Crippen molar-refractivity contribution in [1.82, 2.24) is 0 Å². The molecule has 0 atom stereocenters. The molecule has 1 aromatic carbocycles. The molecule has 0 saturated heterocycles. The standard InChI is InChI=1S/C13H13ClO4/c1-3-6-18-13-10(14)7-9(4-5-12(15)16)8-11(13)17-2/h3-5,7-8H,1,6H2,2H3,(H,15,16). The Balaban J connectivity index is 3.09. The van der Waals surface area contributed by atoms with Gasteiger partial charge >= 0.3 is 5.97 Å². The molecule has 0 unspecified atom stereocenters. The SMILES string of the molecule is C=CCOc1c(Cl)cc(C=CC(=O)O)cc1OC. The fourth-order valence-electron chi connectivity index (χ4n) is 1.29. The van der Waals surface area contributed by atoms with Gasteiger partial charge in [-0.25, -0.2) is 4.79 Å². The van der Waals surface area contributed by atoms with E-state index in [4.69, 9.17) is 26.2 Å². The zero-order chi connectivity index (χ0) is 13.5. The first kappa shape index (κ1) is 14.1. The second-order valence-corrected chi connectivity index (χ2v) is 3.71. The Labute approximate surface area is 110 Å². The van der Waals surface area contributed by atoms with Crippen molar-refractivity contribution in [2.75, 3.05) is 13.7 Å². The third-order valence-corrected chi connectivity index (χ3v) is 2.30. The van der Waals surface area contributed by atoms with Crippen molar-refractivity contribution in [1.29, 1.82) is 0 Å². The second kappa shape index (κ2) is 6.71. The van der Waals surface area contributed by atoms with Crippen molar-refractivity contribution in [3.8, 4) is 11.5 Å². The van der Waals surface area contributed by atoms with Crippen LogP contribution in [0.4, 0.5) is 0 Å². The number of methoxy groups -OCH3 is 1. The topological polar surface area (TPSA) is 55.8 Å². The average molecular weight is 269 g/mol. The van der Waals surface area contributed by atoms with Gasteiger partial charge in [0, 0.05) is 6.08 Å². The minimum absolute atomic E-state index is 0.306. The van der Waals surface area contributed by atoms with Crippen molar-refractivity contribution >= 4 is 23.6 Å². The summed E-state index contributed by atoms with van der Waals surface area (Å²) in [7, 11) is 1.48. The molecule has 0 aliphatic heterocycles. The van der Waals surface area contributed by atoms with Crippen LogP contribution in [0, 0.1) is 0 Å². The van der Waals surface area contributed by atoms with E-state index in [0.717, 1.165) is 6.08 Å². The van der Waals surface area contributed by atoms with Gasteiger partial charge < -0.3 is 14.6 Å². The number of halogens is 1. The van der Waals surface area contributed by atoms with Crippen molar-refractivity contribution in [3.05, 3.63) is 41.4 Å². The Morgan fingerprint density at radius 2 is 2.28 bits per heavy atom. The molecule has 0 radical (unpaired) electrons. The number of ether oxygens (including phenoxy) is 2. The Hall–Kier alpha value is -1.94. The number of carbonyl (C=O) groups is 1. The molecule has 1 aromatic rings. The lowest BCUT2D eigenvalue weighted by Crippen LogP contribution is -1.97. The zero-order valence-corrected chi connectivity index (χ0v) is 10.6. The molecule has 4 nitrogen and oxygen atoms in total.